The monoisotopic (exact) mass is 440 g/mol. The first-order chi connectivity index (χ1) is 16.1. The molecule has 1 aliphatic heterocycles. The Morgan fingerprint density at radius 3 is 2.33 bits per heavy atom. The van der Waals surface area contributed by atoms with Crippen LogP contribution >= 0.6 is 0 Å². The fourth-order valence-electron chi connectivity index (χ4n) is 4.56. The summed E-state index contributed by atoms with van der Waals surface area (Å²) in [7, 11) is 1.68. The normalized spacial score (nSPS) is 14.0. The molecule has 168 valence electrons. The molecule has 2 heterocycles. The first-order valence-electron chi connectivity index (χ1n) is 11.3. The van der Waals surface area contributed by atoms with Gasteiger partial charge in [-0.25, -0.2) is 4.98 Å². The number of rotatable bonds is 5. The van der Waals surface area contributed by atoms with Crippen molar-refractivity contribution in [3.8, 4) is 5.75 Å². The van der Waals surface area contributed by atoms with E-state index in [0.29, 0.717) is 12.4 Å². The third-order valence-electron chi connectivity index (χ3n) is 6.47. The lowest BCUT2D eigenvalue weighted by atomic mass is 9.98. The number of anilines is 2. The average molecular weight is 441 g/mol. The molecule has 33 heavy (non-hydrogen) atoms. The third kappa shape index (κ3) is 4.29. The Kier molecular flexibility index (Phi) is 5.73. The van der Waals surface area contributed by atoms with Crippen LogP contribution in [-0.4, -0.2) is 43.3 Å². The van der Waals surface area contributed by atoms with Crippen LogP contribution in [0.5, 0.6) is 5.75 Å². The van der Waals surface area contributed by atoms with Crippen molar-refractivity contribution in [2.75, 3.05) is 43.1 Å². The van der Waals surface area contributed by atoms with E-state index in [1.807, 2.05) is 37.3 Å². The smallest absolute Gasteiger partial charge is 0.256 e. The van der Waals surface area contributed by atoms with Crippen LogP contribution in [0.15, 0.2) is 71.5 Å². The predicted molar refractivity (Wildman–Crippen MR) is 134 cm³/mol. The highest BCUT2D eigenvalue weighted by Crippen LogP contribution is 2.23. The summed E-state index contributed by atoms with van der Waals surface area (Å²) in [4.78, 5) is 25.4. The Labute approximate surface area is 193 Å². The highest BCUT2D eigenvalue weighted by molar-refractivity contribution is 5.85. The molecule has 0 aliphatic carbocycles. The van der Waals surface area contributed by atoms with Crippen LogP contribution in [-0.2, 0) is 6.42 Å². The lowest BCUT2D eigenvalue weighted by Gasteiger charge is -2.36. The average Bonchev–Trinajstić information content (AvgIpc) is 2.86. The molecule has 0 bridgehead atoms. The second kappa shape index (κ2) is 8.98. The van der Waals surface area contributed by atoms with Crippen molar-refractivity contribution < 1.29 is 4.74 Å². The lowest BCUT2D eigenvalue weighted by molar-refractivity contribution is 0.415. The summed E-state index contributed by atoms with van der Waals surface area (Å²) in [5, 5.41) is 2.36. The maximum absolute atomic E-state index is 13.0. The highest BCUT2D eigenvalue weighted by Gasteiger charge is 2.20. The fraction of sp³-hybridized carbons (Fsp3) is 0.259. The molecule has 0 atom stereocenters. The van der Waals surface area contributed by atoms with E-state index in [1.54, 1.807) is 7.11 Å². The van der Waals surface area contributed by atoms with E-state index < -0.39 is 0 Å². The number of hydrogen-bond donors (Lipinski definition) is 1. The van der Waals surface area contributed by atoms with E-state index in [9.17, 15) is 4.79 Å². The number of methoxy groups -OCH3 is 1. The molecule has 1 saturated heterocycles. The third-order valence-corrected chi connectivity index (χ3v) is 6.47. The number of fused-ring (bicyclic) bond motifs is 1. The van der Waals surface area contributed by atoms with E-state index in [-0.39, 0.29) is 5.56 Å². The molecule has 0 saturated carbocycles. The minimum Gasteiger partial charge on any atom is -0.497 e. The summed E-state index contributed by atoms with van der Waals surface area (Å²) in [6.45, 7) is 5.28. The van der Waals surface area contributed by atoms with Gasteiger partial charge in [0.1, 0.15) is 5.75 Å². The Balaban J connectivity index is 1.32. The zero-order valence-corrected chi connectivity index (χ0v) is 19.0. The van der Waals surface area contributed by atoms with Crippen molar-refractivity contribution in [3.05, 3.63) is 93.9 Å². The van der Waals surface area contributed by atoms with Gasteiger partial charge in [-0.15, -0.1) is 0 Å². The lowest BCUT2D eigenvalue weighted by Crippen LogP contribution is -2.47. The Morgan fingerprint density at radius 1 is 0.909 bits per heavy atom. The van der Waals surface area contributed by atoms with Crippen molar-refractivity contribution in [1.29, 1.82) is 0 Å². The Morgan fingerprint density at radius 2 is 1.61 bits per heavy atom. The van der Waals surface area contributed by atoms with Gasteiger partial charge in [0.25, 0.3) is 5.56 Å². The van der Waals surface area contributed by atoms with Crippen molar-refractivity contribution in [2.45, 2.75) is 13.3 Å². The zero-order valence-electron chi connectivity index (χ0n) is 19.0. The van der Waals surface area contributed by atoms with Gasteiger partial charge >= 0.3 is 0 Å². The van der Waals surface area contributed by atoms with Crippen LogP contribution in [0.3, 0.4) is 0 Å². The van der Waals surface area contributed by atoms with Gasteiger partial charge < -0.3 is 14.5 Å². The molecule has 1 aliphatic rings. The van der Waals surface area contributed by atoms with Crippen molar-refractivity contribution >= 4 is 22.4 Å². The molecule has 0 radical (unpaired) electrons. The molecule has 3 aromatic carbocycles. The summed E-state index contributed by atoms with van der Waals surface area (Å²) >= 11 is 0. The molecule has 0 spiro atoms. The van der Waals surface area contributed by atoms with Gasteiger partial charge in [0, 0.05) is 43.9 Å². The maximum Gasteiger partial charge on any atom is 0.256 e. The van der Waals surface area contributed by atoms with Crippen molar-refractivity contribution in [3.63, 3.8) is 0 Å². The second-order valence-electron chi connectivity index (χ2n) is 8.44. The largest absolute Gasteiger partial charge is 0.497 e. The molecule has 4 aromatic rings. The first-order valence-corrected chi connectivity index (χ1v) is 11.3. The van der Waals surface area contributed by atoms with Crippen LogP contribution in [0, 0.1) is 6.92 Å². The fourth-order valence-corrected chi connectivity index (χ4v) is 4.56. The summed E-state index contributed by atoms with van der Waals surface area (Å²) in [6, 6.07) is 22.7. The highest BCUT2D eigenvalue weighted by atomic mass is 16.5. The number of piperazine rings is 1. The van der Waals surface area contributed by atoms with E-state index in [0.717, 1.165) is 48.7 Å². The summed E-state index contributed by atoms with van der Waals surface area (Å²) in [5.74, 6) is 1.52. The van der Waals surface area contributed by atoms with Crippen LogP contribution < -0.4 is 20.1 Å². The molecule has 1 N–H and O–H groups in total. The van der Waals surface area contributed by atoms with Crippen LogP contribution in [0.1, 0.15) is 16.8 Å². The van der Waals surface area contributed by atoms with Crippen LogP contribution in [0.25, 0.3) is 10.8 Å². The number of ether oxygens (including phenoxy) is 1. The molecule has 0 amide bonds. The Hall–Kier alpha value is -3.80. The molecular weight excluding hydrogens is 412 g/mol. The summed E-state index contributed by atoms with van der Waals surface area (Å²) < 4.78 is 5.25. The van der Waals surface area contributed by atoms with Crippen LogP contribution in [0.4, 0.5) is 11.6 Å². The van der Waals surface area contributed by atoms with E-state index in [2.05, 4.69) is 51.2 Å². The van der Waals surface area contributed by atoms with Gasteiger partial charge in [0.2, 0.25) is 5.95 Å². The van der Waals surface area contributed by atoms with Crippen LogP contribution in [0.2, 0.25) is 0 Å². The minimum atomic E-state index is -0.0528. The molecular formula is C27H28N4O2. The molecule has 1 aromatic heterocycles. The van der Waals surface area contributed by atoms with E-state index in [4.69, 9.17) is 9.72 Å². The maximum atomic E-state index is 13.0. The molecule has 1 fully saturated rings. The van der Waals surface area contributed by atoms with E-state index >= 15 is 0 Å². The summed E-state index contributed by atoms with van der Waals surface area (Å²) in [6.07, 6.45) is 0.570. The standard InChI is InChI=1S/C27H28N4O2/c1-19-25(18-21-8-5-7-20-6-3-4-9-24(20)21)26(32)29-27(28-19)31-16-14-30(15-17-31)22-10-12-23(33-2)13-11-22/h3-13H,14-18H2,1-2H3,(H,28,29,32). The SMILES string of the molecule is COc1ccc(N2CCN(c3nc(C)c(Cc4cccc5ccccc45)c(=O)[nH]3)CC2)cc1. The minimum absolute atomic E-state index is 0.0528. The predicted octanol–water partition coefficient (Wildman–Crippen LogP) is 4.16. The number of nitrogens with one attached hydrogen (secondary N) is 1. The second-order valence-corrected chi connectivity index (χ2v) is 8.44. The quantitative estimate of drug-likeness (QED) is 0.505. The number of hydrogen-bond acceptors (Lipinski definition) is 5. The van der Waals surface area contributed by atoms with Gasteiger partial charge in [0.15, 0.2) is 0 Å². The molecule has 6 nitrogen and oxygen atoms in total. The number of aromatic amines is 1. The molecule has 0 unspecified atom stereocenters. The van der Waals surface area contributed by atoms with Gasteiger partial charge in [0.05, 0.1) is 12.8 Å². The van der Waals surface area contributed by atoms with Gasteiger partial charge in [-0.3, -0.25) is 9.78 Å². The van der Waals surface area contributed by atoms with Gasteiger partial charge in [-0.2, -0.15) is 0 Å². The van der Waals surface area contributed by atoms with E-state index in [1.165, 1.54) is 16.5 Å². The number of nitrogens with zero attached hydrogens (tertiary/aromatic N) is 3. The number of H-pyrrole nitrogens is 1. The van der Waals surface area contributed by atoms with Crippen molar-refractivity contribution in [1.82, 2.24) is 9.97 Å². The zero-order chi connectivity index (χ0) is 22.8. The number of benzene rings is 3. The first kappa shape index (κ1) is 21.1. The van der Waals surface area contributed by atoms with Gasteiger partial charge in [-0.05, 0) is 47.5 Å². The van der Waals surface area contributed by atoms with Gasteiger partial charge in [-0.1, -0.05) is 42.5 Å². The van der Waals surface area contributed by atoms with Crippen molar-refractivity contribution in [2.24, 2.45) is 0 Å². The Bertz CT molecular complexity index is 1320. The summed E-state index contributed by atoms with van der Waals surface area (Å²) in [5.41, 5.74) is 3.79. The topological polar surface area (TPSA) is 61.5 Å². The molecule has 6 heteroatoms. The number of aromatic nitrogens is 2. The molecule has 5 rings (SSSR count). The number of aryl methyl sites for hydroxylation is 1.